The van der Waals surface area contributed by atoms with Crippen LogP contribution in [0.4, 0.5) is 0 Å². The molecule has 0 aliphatic carbocycles. The maximum absolute atomic E-state index is 8.50. The summed E-state index contributed by atoms with van der Waals surface area (Å²) in [6, 6.07) is 0. The summed E-state index contributed by atoms with van der Waals surface area (Å²) in [5.41, 5.74) is 0. The fourth-order valence-corrected chi connectivity index (χ4v) is 0. The van der Waals surface area contributed by atoms with Gasteiger partial charge in [-0.3, -0.25) is 0 Å². The molecular weight excluding hydrogens is 520 g/mol. The zero-order valence-corrected chi connectivity index (χ0v) is 8.23. The molecule has 5 heavy (non-hydrogen) atoms. The minimum atomic E-state index is -2.00. The van der Waals surface area contributed by atoms with Gasteiger partial charge in [-0.2, -0.15) is 0 Å². The Bertz CT molecular complexity index is 30.6. The normalized spacial score (nSPS) is 3.20. The second-order valence-electron chi connectivity index (χ2n) is 0.0556. The van der Waals surface area contributed by atoms with Gasteiger partial charge in [0.2, 0.25) is 0 Å². The van der Waals surface area contributed by atoms with E-state index in [9.17, 15) is 0 Å². The van der Waals surface area contributed by atoms with Gasteiger partial charge in [-0.15, -0.1) is 0 Å². The molecule has 0 unspecified atom stereocenters. The smallest absolute Gasteiger partial charge is 0 e. The van der Waals surface area contributed by atoms with E-state index in [4.69, 9.17) is 7.01 Å². The maximum Gasteiger partial charge on any atom is 0 e. The van der Waals surface area contributed by atoms with E-state index < -0.39 is 17.6 Å². The summed E-state index contributed by atoms with van der Waals surface area (Å²) in [6.45, 7) is 0. The molecule has 0 saturated heterocycles. The van der Waals surface area contributed by atoms with E-state index in [1.165, 1.54) is 0 Å². The van der Waals surface area contributed by atoms with Gasteiger partial charge in [0.05, 0.1) is 0 Å². The van der Waals surface area contributed by atoms with Gasteiger partial charge in [-0.05, 0) is 0 Å². The molecule has 0 atom stereocenters. The number of hydrogen-bond acceptors (Lipinski definition) is 2. The molecule has 0 spiro atoms. The predicted molar refractivity (Wildman–Crippen MR) is 1.37 cm³/mol. The molecule has 0 bridgehead atoms. The molecule has 0 rings (SSSR count). The van der Waals surface area contributed by atoms with E-state index >= 15 is 0 Å². The first-order chi connectivity index (χ1) is 1.41. The van der Waals surface area contributed by atoms with Crippen molar-refractivity contribution in [2.75, 3.05) is 0 Å². The summed E-state index contributed by atoms with van der Waals surface area (Å²) in [5, 5.41) is 0. The Morgan fingerprint density at radius 1 is 1.20 bits per heavy atom. The average Bonchev–Trinajstić information content (AvgIpc) is 0.918. The summed E-state index contributed by atoms with van der Waals surface area (Å²) in [6.07, 6.45) is 0. The molecule has 0 radical (unpaired) electrons. The van der Waals surface area contributed by atoms with E-state index in [1.54, 1.807) is 0 Å². The molecule has 0 saturated carbocycles. The second kappa shape index (κ2) is 17.6. The summed E-state index contributed by atoms with van der Waals surface area (Å²) < 4.78 is 17.0. The van der Waals surface area contributed by atoms with Gasteiger partial charge in [0.25, 0.3) is 0 Å². The van der Waals surface area contributed by atoms with Crippen molar-refractivity contribution in [3.05, 3.63) is 0 Å². The Morgan fingerprint density at radius 2 is 1.20 bits per heavy atom. The summed E-state index contributed by atoms with van der Waals surface area (Å²) in [7, 11) is 0. The summed E-state index contributed by atoms with van der Waals surface area (Å²) in [5.74, 6) is 0. The van der Waals surface area contributed by atoms with Crippen molar-refractivity contribution in [1.29, 1.82) is 0 Å². The zero-order valence-electron chi connectivity index (χ0n) is 1.82. The summed E-state index contributed by atoms with van der Waals surface area (Å²) >= 11 is -2.00. The molecule has 39 valence electrons. The van der Waals surface area contributed by atoms with Gasteiger partial charge in [0, 0.05) is 40.5 Å². The van der Waals surface area contributed by atoms with Crippen LogP contribution in [0.1, 0.15) is 0 Å². The third kappa shape index (κ3) is 28.9. The number of hydrogen-bond donors (Lipinski definition) is 0. The average molecular weight is 520 g/mol. The van der Waals surface area contributed by atoms with Crippen LogP contribution in [0.15, 0.2) is 0 Å². The standard InChI is InChI=1S/Ir.2O.Pt.Ru. The molecule has 0 aromatic heterocycles. The monoisotopic (exact) mass is 522 g/mol. The van der Waals surface area contributed by atoms with E-state index in [1.807, 2.05) is 0 Å². The van der Waals surface area contributed by atoms with Crippen molar-refractivity contribution >= 4 is 0 Å². The Balaban J connectivity index is -0.0000000200. The minimum Gasteiger partial charge on any atom is 0 e. The Hall–Kier alpha value is 1.56. The largest absolute Gasteiger partial charge is 0 e. The van der Waals surface area contributed by atoms with E-state index in [2.05, 4.69) is 0 Å². The predicted octanol–water partition coefficient (Wildman–Crippen LogP) is -0.245. The minimum absolute atomic E-state index is 0. The van der Waals surface area contributed by atoms with Crippen molar-refractivity contribution in [2.45, 2.75) is 0 Å². The van der Waals surface area contributed by atoms with Crippen LogP contribution in [0.2, 0.25) is 0 Å². The van der Waals surface area contributed by atoms with Gasteiger partial charge < -0.3 is 0 Å². The fourth-order valence-electron chi connectivity index (χ4n) is 0. The van der Waals surface area contributed by atoms with Crippen molar-refractivity contribution in [3.63, 3.8) is 0 Å². The molecule has 0 heterocycles. The quantitative estimate of drug-likeness (QED) is 0.414. The molecular formula is IrO2PtRu. The Kier molecular flexibility index (Phi) is 56.4. The van der Waals surface area contributed by atoms with E-state index in [-0.39, 0.29) is 40.5 Å². The van der Waals surface area contributed by atoms with Crippen LogP contribution in [0, 0.1) is 0 Å². The Labute approximate surface area is 64.6 Å². The Morgan fingerprint density at radius 3 is 1.20 bits per heavy atom. The van der Waals surface area contributed by atoms with Crippen LogP contribution >= 0.6 is 0 Å². The molecule has 0 aromatic carbocycles. The second-order valence-corrected chi connectivity index (χ2v) is 0.455. The molecule has 0 N–H and O–H groups in total. The van der Waals surface area contributed by atoms with Gasteiger partial charge >= 0.3 is 24.6 Å². The van der Waals surface area contributed by atoms with Gasteiger partial charge in [0.15, 0.2) is 0 Å². The summed E-state index contributed by atoms with van der Waals surface area (Å²) in [4.78, 5) is 0. The van der Waals surface area contributed by atoms with Crippen LogP contribution < -0.4 is 0 Å². The van der Waals surface area contributed by atoms with Crippen LogP contribution in [0.3, 0.4) is 0 Å². The van der Waals surface area contributed by atoms with Gasteiger partial charge in [-0.1, -0.05) is 0 Å². The first-order valence-electron chi connectivity index (χ1n) is 0.272. The third-order valence-electron chi connectivity index (χ3n) is 0. The van der Waals surface area contributed by atoms with Crippen LogP contribution in [-0.2, 0) is 65.2 Å². The van der Waals surface area contributed by atoms with Crippen molar-refractivity contribution in [1.82, 2.24) is 0 Å². The van der Waals surface area contributed by atoms with Crippen LogP contribution in [-0.4, -0.2) is 0 Å². The SMILES string of the molecule is [O]=[Ir]=[O].[Pt].[Ru]. The van der Waals surface area contributed by atoms with E-state index in [0.717, 1.165) is 0 Å². The van der Waals surface area contributed by atoms with Crippen molar-refractivity contribution in [3.8, 4) is 0 Å². The van der Waals surface area contributed by atoms with Crippen molar-refractivity contribution in [2.24, 2.45) is 0 Å². The molecule has 2 nitrogen and oxygen atoms in total. The number of rotatable bonds is 0. The van der Waals surface area contributed by atoms with Gasteiger partial charge in [0.1, 0.15) is 0 Å². The first-order valence-corrected chi connectivity index (χ1v) is 2.23. The molecule has 0 aliphatic rings. The first kappa shape index (κ1) is 16.0. The zero-order chi connectivity index (χ0) is 2.71. The third-order valence-corrected chi connectivity index (χ3v) is 0. The van der Waals surface area contributed by atoms with Crippen molar-refractivity contribution < 1.29 is 65.2 Å². The molecule has 0 aromatic rings. The molecule has 5 heteroatoms. The molecule has 0 amide bonds. The fraction of sp³-hybridized carbons (Fsp3) is 0. The van der Waals surface area contributed by atoms with Crippen LogP contribution in [0.25, 0.3) is 0 Å². The van der Waals surface area contributed by atoms with Crippen LogP contribution in [0.5, 0.6) is 0 Å². The molecule has 0 aliphatic heterocycles. The molecule has 0 fully saturated rings. The topological polar surface area (TPSA) is 34.1 Å². The van der Waals surface area contributed by atoms with Gasteiger partial charge in [-0.25, -0.2) is 0 Å². The maximum atomic E-state index is 8.50. The van der Waals surface area contributed by atoms with E-state index in [0.29, 0.717) is 0 Å².